The Labute approximate surface area is 102 Å². The average molecular weight is 233 g/mol. The average Bonchev–Trinajstić information content (AvgIpc) is 2.39. The van der Waals surface area contributed by atoms with Crippen molar-refractivity contribution in [1.82, 2.24) is 5.32 Å². The van der Waals surface area contributed by atoms with Gasteiger partial charge in [0.05, 0.1) is 7.11 Å². The molecule has 0 radical (unpaired) electrons. The van der Waals surface area contributed by atoms with Crippen LogP contribution < -0.4 is 10.1 Å². The third kappa shape index (κ3) is 3.24. The summed E-state index contributed by atoms with van der Waals surface area (Å²) in [5.41, 5.74) is 0.888. The lowest BCUT2D eigenvalue weighted by molar-refractivity contribution is 0.408. The summed E-state index contributed by atoms with van der Waals surface area (Å²) in [5.74, 6) is 1.10. The van der Waals surface area contributed by atoms with Crippen molar-refractivity contribution in [2.75, 3.05) is 7.11 Å². The number of phenols is 1. The van der Waals surface area contributed by atoms with Crippen LogP contribution in [0, 0.1) is 0 Å². The number of hydrogen-bond acceptors (Lipinski definition) is 3. The maximum absolute atomic E-state index is 9.75. The van der Waals surface area contributed by atoms with E-state index in [2.05, 4.69) is 17.5 Å². The Bertz CT molecular complexity index is 401. The van der Waals surface area contributed by atoms with Crippen molar-refractivity contribution >= 4 is 0 Å². The third-order valence-corrected chi connectivity index (χ3v) is 3.14. The van der Waals surface area contributed by atoms with Crippen molar-refractivity contribution < 1.29 is 9.84 Å². The van der Waals surface area contributed by atoms with Crippen LogP contribution in [-0.2, 0) is 6.54 Å². The van der Waals surface area contributed by atoms with Crippen LogP contribution in [0.2, 0.25) is 0 Å². The van der Waals surface area contributed by atoms with Gasteiger partial charge >= 0.3 is 0 Å². The standard InChI is InChI=1S/C14H19NO2/c1-17-13-7-8-14(16)11(9-13)10-15-12-5-3-2-4-6-12/h2-3,7-9,12,15-16H,4-6,10H2,1H3. The van der Waals surface area contributed by atoms with Gasteiger partial charge in [-0.1, -0.05) is 12.2 Å². The van der Waals surface area contributed by atoms with Gasteiger partial charge in [-0.15, -0.1) is 0 Å². The van der Waals surface area contributed by atoms with E-state index in [-0.39, 0.29) is 0 Å². The van der Waals surface area contributed by atoms with Gasteiger partial charge in [0.25, 0.3) is 0 Å². The van der Waals surface area contributed by atoms with Crippen molar-refractivity contribution in [1.29, 1.82) is 0 Å². The number of ether oxygens (including phenoxy) is 1. The first-order valence-corrected chi connectivity index (χ1v) is 6.04. The molecule has 0 aliphatic heterocycles. The van der Waals surface area contributed by atoms with E-state index < -0.39 is 0 Å². The highest BCUT2D eigenvalue weighted by Gasteiger charge is 2.10. The number of rotatable bonds is 4. The molecular formula is C14H19NO2. The van der Waals surface area contributed by atoms with E-state index in [0.29, 0.717) is 18.3 Å². The molecule has 0 amide bonds. The Morgan fingerprint density at radius 2 is 2.29 bits per heavy atom. The lowest BCUT2D eigenvalue weighted by Crippen LogP contribution is -2.29. The summed E-state index contributed by atoms with van der Waals surface area (Å²) in [6, 6.07) is 5.84. The van der Waals surface area contributed by atoms with E-state index in [1.165, 1.54) is 6.42 Å². The summed E-state index contributed by atoms with van der Waals surface area (Å²) >= 11 is 0. The zero-order chi connectivity index (χ0) is 12.1. The minimum absolute atomic E-state index is 0.324. The first-order chi connectivity index (χ1) is 8.29. The highest BCUT2D eigenvalue weighted by molar-refractivity contribution is 5.39. The van der Waals surface area contributed by atoms with Crippen LogP contribution in [0.3, 0.4) is 0 Å². The van der Waals surface area contributed by atoms with Gasteiger partial charge in [-0.3, -0.25) is 0 Å². The van der Waals surface area contributed by atoms with Crippen LogP contribution in [0.1, 0.15) is 24.8 Å². The monoisotopic (exact) mass is 233 g/mol. The molecule has 2 N–H and O–H groups in total. The minimum Gasteiger partial charge on any atom is -0.508 e. The second kappa shape index (κ2) is 5.73. The number of hydrogen-bond donors (Lipinski definition) is 2. The van der Waals surface area contributed by atoms with Gasteiger partial charge in [-0.25, -0.2) is 0 Å². The predicted octanol–water partition coefficient (Wildman–Crippen LogP) is 2.60. The second-order valence-electron chi connectivity index (χ2n) is 4.36. The molecule has 0 aromatic heterocycles. The fraction of sp³-hybridized carbons (Fsp3) is 0.429. The van der Waals surface area contributed by atoms with Crippen molar-refractivity contribution in [3.8, 4) is 11.5 Å². The maximum Gasteiger partial charge on any atom is 0.120 e. The van der Waals surface area contributed by atoms with Crippen LogP contribution in [0.5, 0.6) is 11.5 Å². The molecule has 1 unspecified atom stereocenters. The van der Waals surface area contributed by atoms with E-state index in [9.17, 15) is 5.11 Å². The van der Waals surface area contributed by atoms with Gasteiger partial charge in [0.15, 0.2) is 0 Å². The quantitative estimate of drug-likeness (QED) is 0.785. The normalized spacial score (nSPS) is 19.2. The van der Waals surface area contributed by atoms with E-state index in [1.54, 1.807) is 19.2 Å². The number of allylic oxidation sites excluding steroid dienone is 1. The minimum atomic E-state index is 0.324. The summed E-state index contributed by atoms with van der Waals surface area (Å²) < 4.78 is 5.15. The zero-order valence-electron chi connectivity index (χ0n) is 10.1. The Morgan fingerprint density at radius 1 is 1.41 bits per heavy atom. The van der Waals surface area contributed by atoms with Crippen LogP contribution in [0.25, 0.3) is 0 Å². The summed E-state index contributed by atoms with van der Waals surface area (Å²) in [6.45, 7) is 0.682. The van der Waals surface area contributed by atoms with Gasteiger partial charge in [-0.05, 0) is 37.5 Å². The molecule has 0 bridgehead atoms. The molecule has 92 valence electrons. The molecule has 1 aromatic carbocycles. The number of aromatic hydroxyl groups is 1. The van der Waals surface area contributed by atoms with Crippen LogP contribution in [0.4, 0.5) is 0 Å². The zero-order valence-corrected chi connectivity index (χ0v) is 10.1. The van der Waals surface area contributed by atoms with Crippen LogP contribution in [0.15, 0.2) is 30.4 Å². The summed E-state index contributed by atoms with van der Waals surface area (Å²) in [7, 11) is 1.63. The Kier molecular flexibility index (Phi) is 4.04. The lowest BCUT2D eigenvalue weighted by Gasteiger charge is -2.19. The molecule has 17 heavy (non-hydrogen) atoms. The molecule has 1 aliphatic carbocycles. The number of methoxy groups -OCH3 is 1. The second-order valence-corrected chi connectivity index (χ2v) is 4.36. The van der Waals surface area contributed by atoms with Crippen molar-refractivity contribution in [3.63, 3.8) is 0 Å². The fourth-order valence-corrected chi connectivity index (χ4v) is 2.06. The summed E-state index contributed by atoms with van der Waals surface area (Å²) in [5, 5.41) is 13.2. The molecular weight excluding hydrogens is 214 g/mol. The SMILES string of the molecule is COc1ccc(O)c(CNC2CC=CCC2)c1. The Morgan fingerprint density at radius 3 is 3.00 bits per heavy atom. The summed E-state index contributed by atoms with van der Waals surface area (Å²) in [4.78, 5) is 0. The largest absolute Gasteiger partial charge is 0.508 e. The first kappa shape index (κ1) is 12.0. The fourth-order valence-electron chi connectivity index (χ4n) is 2.06. The van der Waals surface area contributed by atoms with Gasteiger partial charge in [0, 0.05) is 18.2 Å². The molecule has 3 heteroatoms. The van der Waals surface area contributed by atoms with Gasteiger partial charge in [0.1, 0.15) is 11.5 Å². The Balaban J connectivity index is 1.95. The van der Waals surface area contributed by atoms with Crippen molar-refractivity contribution in [3.05, 3.63) is 35.9 Å². The Hall–Kier alpha value is -1.48. The summed E-state index contributed by atoms with van der Waals surface area (Å²) in [6.07, 6.45) is 7.82. The molecule has 1 aromatic rings. The molecule has 0 saturated carbocycles. The highest BCUT2D eigenvalue weighted by atomic mass is 16.5. The van der Waals surface area contributed by atoms with E-state index in [4.69, 9.17) is 4.74 Å². The molecule has 3 nitrogen and oxygen atoms in total. The molecule has 0 fully saturated rings. The smallest absolute Gasteiger partial charge is 0.120 e. The first-order valence-electron chi connectivity index (χ1n) is 6.04. The van der Waals surface area contributed by atoms with E-state index in [0.717, 1.165) is 24.2 Å². The van der Waals surface area contributed by atoms with Crippen molar-refractivity contribution in [2.24, 2.45) is 0 Å². The molecule has 0 saturated heterocycles. The van der Waals surface area contributed by atoms with Gasteiger partial charge < -0.3 is 15.2 Å². The van der Waals surface area contributed by atoms with Crippen LogP contribution >= 0.6 is 0 Å². The molecule has 0 heterocycles. The highest BCUT2D eigenvalue weighted by Crippen LogP contribution is 2.23. The predicted molar refractivity (Wildman–Crippen MR) is 68.3 cm³/mol. The van der Waals surface area contributed by atoms with Gasteiger partial charge in [0.2, 0.25) is 0 Å². The maximum atomic E-state index is 9.75. The van der Waals surface area contributed by atoms with E-state index in [1.807, 2.05) is 6.07 Å². The molecule has 1 aliphatic rings. The number of benzene rings is 1. The number of phenolic OH excluding ortho intramolecular Hbond substituents is 1. The molecule has 1 atom stereocenters. The topological polar surface area (TPSA) is 41.5 Å². The van der Waals surface area contributed by atoms with E-state index >= 15 is 0 Å². The molecule has 0 spiro atoms. The number of nitrogens with one attached hydrogen (secondary N) is 1. The lowest BCUT2D eigenvalue weighted by atomic mass is 10.0. The van der Waals surface area contributed by atoms with Gasteiger partial charge in [-0.2, -0.15) is 0 Å². The third-order valence-electron chi connectivity index (χ3n) is 3.14. The van der Waals surface area contributed by atoms with Crippen LogP contribution in [-0.4, -0.2) is 18.3 Å². The molecule has 2 rings (SSSR count). The van der Waals surface area contributed by atoms with Crippen molar-refractivity contribution in [2.45, 2.75) is 31.8 Å².